The van der Waals surface area contributed by atoms with Crippen LogP contribution < -0.4 is 10.2 Å². The Morgan fingerprint density at radius 1 is 1.36 bits per heavy atom. The fraction of sp³-hybridized carbons (Fsp3) is 0.722. The van der Waals surface area contributed by atoms with E-state index in [0.717, 1.165) is 5.69 Å². The van der Waals surface area contributed by atoms with E-state index >= 15 is 0 Å². The highest BCUT2D eigenvalue weighted by molar-refractivity contribution is 9.10. The highest BCUT2D eigenvalue weighted by atomic mass is 79.9. The molecule has 0 amide bonds. The largest absolute Gasteiger partial charge is 0.491 e. The number of nitrogens with zero attached hydrogens (tertiary/aromatic N) is 1. The fourth-order valence-corrected chi connectivity index (χ4v) is 4.65. The average molecular weight is 432 g/mol. The number of fused-ring (bicyclic) bond motifs is 1. The Labute approximate surface area is 159 Å². The first-order valence-electron chi connectivity index (χ1n) is 8.56. The monoisotopic (exact) mass is 431 g/mol. The van der Waals surface area contributed by atoms with Crippen molar-refractivity contribution in [1.82, 2.24) is 4.57 Å². The predicted molar refractivity (Wildman–Crippen MR) is 106 cm³/mol. The first kappa shape index (κ1) is 20.7. The Balaban J connectivity index is 2.71. The molecule has 2 heterocycles. The normalized spacial score (nSPS) is 23.3. The quantitative estimate of drug-likeness (QED) is 0.732. The van der Waals surface area contributed by atoms with E-state index < -0.39 is 25.9 Å². The summed E-state index contributed by atoms with van der Waals surface area (Å²) in [4.78, 5) is 12.6. The van der Waals surface area contributed by atoms with Crippen LogP contribution in [-0.2, 0) is 11.0 Å². The van der Waals surface area contributed by atoms with Gasteiger partial charge in [-0.15, -0.1) is 0 Å². The molecule has 142 valence electrons. The van der Waals surface area contributed by atoms with E-state index in [1.807, 2.05) is 18.4 Å². The Morgan fingerprint density at radius 3 is 2.40 bits per heavy atom. The summed E-state index contributed by atoms with van der Waals surface area (Å²) in [7, 11) is -0.634. The van der Waals surface area contributed by atoms with Crippen molar-refractivity contribution in [2.75, 3.05) is 7.11 Å². The van der Waals surface area contributed by atoms with Gasteiger partial charge in [0.1, 0.15) is 0 Å². The Hall–Kier alpha value is -0.633. The van der Waals surface area contributed by atoms with Crippen molar-refractivity contribution in [2.45, 2.75) is 71.5 Å². The van der Waals surface area contributed by atoms with Crippen LogP contribution in [0.1, 0.15) is 46.4 Å². The van der Waals surface area contributed by atoms with Crippen LogP contribution in [0.4, 0.5) is 0 Å². The number of methoxy groups -OCH3 is 1. The van der Waals surface area contributed by atoms with Gasteiger partial charge < -0.3 is 18.8 Å². The van der Waals surface area contributed by atoms with Crippen LogP contribution in [-0.4, -0.2) is 31.2 Å². The number of halogens is 1. The van der Waals surface area contributed by atoms with E-state index in [-0.39, 0.29) is 16.2 Å². The third-order valence-electron chi connectivity index (χ3n) is 5.81. The molecule has 2 unspecified atom stereocenters. The standard InChI is InChI=1S/C18H30BrNO4Si/c1-17(2,3)25(7,8)24-16-13-15(23-6)14(22)11(19)9-20(13)10-12(21)18(16,4)5/h9,12,16,21H,10H2,1-8H3. The lowest BCUT2D eigenvalue weighted by molar-refractivity contribution is -0.0727. The zero-order valence-corrected chi connectivity index (χ0v) is 19.0. The lowest BCUT2D eigenvalue weighted by atomic mass is 9.76. The lowest BCUT2D eigenvalue weighted by Crippen LogP contribution is -2.51. The molecule has 0 saturated heterocycles. The van der Waals surface area contributed by atoms with E-state index in [1.54, 1.807) is 6.20 Å². The van der Waals surface area contributed by atoms with Gasteiger partial charge in [-0.2, -0.15) is 0 Å². The van der Waals surface area contributed by atoms with Crippen LogP contribution in [0.2, 0.25) is 18.1 Å². The van der Waals surface area contributed by atoms with Crippen LogP contribution in [0.15, 0.2) is 15.5 Å². The summed E-state index contributed by atoms with van der Waals surface area (Å²) in [6.07, 6.45) is 0.711. The van der Waals surface area contributed by atoms with Gasteiger partial charge in [-0.3, -0.25) is 4.79 Å². The summed E-state index contributed by atoms with van der Waals surface area (Å²) in [5.41, 5.74) is -0.0103. The predicted octanol–water partition coefficient (Wildman–Crippen LogP) is 4.08. The number of hydrogen-bond donors (Lipinski definition) is 1. The van der Waals surface area contributed by atoms with Crippen molar-refractivity contribution in [2.24, 2.45) is 5.41 Å². The number of rotatable bonds is 3. The number of pyridine rings is 1. The second-order valence-electron chi connectivity index (χ2n) is 8.97. The summed E-state index contributed by atoms with van der Waals surface area (Å²) in [5.74, 6) is 0.290. The summed E-state index contributed by atoms with van der Waals surface area (Å²) < 4.78 is 14.5. The summed E-state index contributed by atoms with van der Waals surface area (Å²) in [6, 6.07) is 0. The number of hydrogen-bond acceptors (Lipinski definition) is 4. The molecular formula is C18H30BrNO4Si. The van der Waals surface area contributed by atoms with E-state index in [0.29, 0.717) is 11.0 Å². The van der Waals surface area contributed by atoms with Crippen molar-refractivity contribution < 1.29 is 14.3 Å². The molecular weight excluding hydrogens is 402 g/mol. The fourth-order valence-electron chi connectivity index (χ4n) is 2.87. The van der Waals surface area contributed by atoms with Gasteiger partial charge in [-0.25, -0.2) is 0 Å². The number of ether oxygens (including phenoxy) is 1. The van der Waals surface area contributed by atoms with Gasteiger partial charge in [-0.1, -0.05) is 34.6 Å². The molecule has 2 rings (SSSR count). The first-order chi connectivity index (χ1) is 11.2. The molecule has 2 atom stereocenters. The topological polar surface area (TPSA) is 60.7 Å². The maximum atomic E-state index is 12.6. The molecule has 7 heteroatoms. The molecule has 1 aromatic heterocycles. The molecule has 0 aromatic carbocycles. The third-order valence-corrected chi connectivity index (χ3v) is 10.8. The summed E-state index contributed by atoms with van der Waals surface area (Å²) in [5, 5.41) is 10.8. The molecule has 0 saturated carbocycles. The molecule has 0 spiro atoms. The first-order valence-corrected chi connectivity index (χ1v) is 12.3. The number of aliphatic hydroxyl groups excluding tert-OH is 1. The summed E-state index contributed by atoms with van der Waals surface area (Å²) >= 11 is 3.30. The smallest absolute Gasteiger partial charge is 0.237 e. The molecule has 0 bridgehead atoms. The molecule has 0 aliphatic carbocycles. The van der Waals surface area contributed by atoms with Crippen LogP contribution >= 0.6 is 15.9 Å². The van der Waals surface area contributed by atoms with Crippen molar-refractivity contribution in [3.8, 4) is 5.75 Å². The molecule has 0 fully saturated rings. The lowest BCUT2D eigenvalue weighted by Gasteiger charge is -2.49. The molecule has 1 N–H and O–H groups in total. The maximum absolute atomic E-state index is 12.6. The SMILES string of the molecule is COc1c2n(cc(Br)c1=O)CC(O)C(C)(C)C2O[Si](C)(C)C(C)(C)C. The second-order valence-corrected chi connectivity index (χ2v) is 14.6. The van der Waals surface area contributed by atoms with Crippen molar-refractivity contribution in [3.63, 3.8) is 0 Å². The van der Waals surface area contributed by atoms with Gasteiger partial charge in [0, 0.05) is 18.2 Å². The Kier molecular flexibility index (Phi) is 5.39. The molecule has 5 nitrogen and oxygen atoms in total. The molecule has 1 aliphatic rings. The Morgan fingerprint density at radius 2 is 1.92 bits per heavy atom. The minimum atomic E-state index is -2.14. The highest BCUT2D eigenvalue weighted by Gasteiger charge is 2.50. The van der Waals surface area contributed by atoms with E-state index in [1.165, 1.54) is 7.11 Å². The van der Waals surface area contributed by atoms with Crippen LogP contribution in [0, 0.1) is 5.41 Å². The van der Waals surface area contributed by atoms with Gasteiger partial charge in [0.2, 0.25) is 5.43 Å². The van der Waals surface area contributed by atoms with E-state index in [4.69, 9.17) is 9.16 Å². The minimum absolute atomic E-state index is 0.0131. The van der Waals surface area contributed by atoms with Gasteiger partial charge in [-0.05, 0) is 34.1 Å². The van der Waals surface area contributed by atoms with Crippen molar-refractivity contribution in [3.05, 3.63) is 26.6 Å². The Bertz CT molecular complexity index is 721. The molecule has 1 aliphatic heterocycles. The zero-order chi connectivity index (χ0) is 19.4. The molecule has 1 aromatic rings. The average Bonchev–Trinajstić information content (AvgIpc) is 2.45. The zero-order valence-electron chi connectivity index (χ0n) is 16.4. The minimum Gasteiger partial charge on any atom is -0.491 e. The van der Waals surface area contributed by atoms with Crippen LogP contribution in [0.3, 0.4) is 0 Å². The van der Waals surface area contributed by atoms with Gasteiger partial charge in [0.25, 0.3) is 0 Å². The van der Waals surface area contributed by atoms with Gasteiger partial charge in [0.05, 0.1) is 29.5 Å². The van der Waals surface area contributed by atoms with Crippen LogP contribution in [0.5, 0.6) is 5.75 Å². The van der Waals surface area contributed by atoms with Crippen molar-refractivity contribution >= 4 is 24.2 Å². The van der Waals surface area contributed by atoms with Crippen molar-refractivity contribution in [1.29, 1.82) is 0 Å². The molecule has 25 heavy (non-hydrogen) atoms. The second kappa shape index (κ2) is 6.51. The van der Waals surface area contributed by atoms with Gasteiger partial charge in [0.15, 0.2) is 14.1 Å². The summed E-state index contributed by atoms with van der Waals surface area (Å²) in [6.45, 7) is 15.3. The third kappa shape index (κ3) is 3.48. The van der Waals surface area contributed by atoms with Crippen LogP contribution in [0.25, 0.3) is 0 Å². The van der Waals surface area contributed by atoms with E-state index in [9.17, 15) is 9.90 Å². The number of aliphatic hydroxyl groups is 1. The van der Waals surface area contributed by atoms with E-state index in [2.05, 4.69) is 49.8 Å². The number of aromatic nitrogens is 1. The molecule has 0 radical (unpaired) electrons. The highest BCUT2D eigenvalue weighted by Crippen LogP contribution is 2.50. The van der Waals surface area contributed by atoms with Gasteiger partial charge >= 0.3 is 0 Å². The maximum Gasteiger partial charge on any atom is 0.237 e.